The summed E-state index contributed by atoms with van der Waals surface area (Å²) in [6.07, 6.45) is 3.48. The van der Waals surface area contributed by atoms with Crippen LogP contribution >= 0.6 is 0 Å². The first kappa shape index (κ1) is 18.6. The number of hydrogen-bond donors (Lipinski definition) is 1. The number of amides is 1. The number of carbonyl (C=O) groups excluding carboxylic acids is 2. The van der Waals surface area contributed by atoms with E-state index in [-0.39, 0.29) is 11.7 Å². The smallest absolute Gasteiger partial charge is 0.255 e. The maximum atomic E-state index is 12.5. The molecule has 132 valence electrons. The Kier molecular flexibility index (Phi) is 6.69. The molecule has 0 saturated carbocycles. The summed E-state index contributed by atoms with van der Waals surface area (Å²) in [5.41, 5.74) is 2.11. The predicted molar refractivity (Wildman–Crippen MR) is 100 cm³/mol. The van der Waals surface area contributed by atoms with Crippen LogP contribution in [-0.2, 0) is 0 Å². The van der Waals surface area contributed by atoms with Gasteiger partial charge in [0.1, 0.15) is 5.82 Å². The molecule has 5 nitrogen and oxygen atoms in total. The Balaban J connectivity index is 2.05. The Morgan fingerprint density at radius 3 is 2.04 bits per heavy atom. The average molecular weight is 339 g/mol. The van der Waals surface area contributed by atoms with Gasteiger partial charge in [-0.15, -0.1) is 0 Å². The van der Waals surface area contributed by atoms with E-state index >= 15 is 0 Å². The molecule has 0 atom stereocenters. The highest BCUT2D eigenvalue weighted by molar-refractivity contribution is 5.95. The van der Waals surface area contributed by atoms with E-state index in [4.69, 9.17) is 0 Å². The molecule has 0 fully saturated rings. The fourth-order valence-corrected chi connectivity index (χ4v) is 2.57. The molecule has 0 aliphatic rings. The van der Waals surface area contributed by atoms with Crippen LogP contribution in [0.2, 0.25) is 0 Å². The first-order valence-electron chi connectivity index (χ1n) is 8.68. The Morgan fingerprint density at radius 2 is 1.56 bits per heavy atom. The number of benzene rings is 1. The van der Waals surface area contributed by atoms with Crippen LogP contribution < -0.4 is 5.32 Å². The zero-order valence-electron chi connectivity index (χ0n) is 15.1. The summed E-state index contributed by atoms with van der Waals surface area (Å²) in [4.78, 5) is 30.0. The molecular formula is C20H25N3O2. The first-order chi connectivity index (χ1) is 12.0. The molecule has 1 aromatic heterocycles. The maximum Gasteiger partial charge on any atom is 0.255 e. The number of ketones is 1. The lowest BCUT2D eigenvalue weighted by atomic mass is 10.1. The molecule has 1 N–H and O–H groups in total. The predicted octanol–water partition coefficient (Wildman–Crippen LogP) is 4.29. The summed E-state index contributed by atoms with van der Waals surface area (Å²) in [6.45, 7) is 7.20. The molecule has 2 aromatic rings. The van der Waals surface area contributed by atoms with Crippen molar-refractivity contribution in [3.8, 4) is 0 Å². The Morgan fingerprint density at radius 1 is 0.960 bits per heavy atom. The van der Waals surface area contributed by atoms with E-state index in [1.807, 2.05) is 17.0 Å². The Hall–Kier alpha value is -2.69. The Labute approximate surface area is 149 Å². The van der Waals surface area contributed by atoms with E-state index in [1.165, 1.54) is 0 Å². The van der Waals surface area contributed by atoms with Gasteiger partial charge in [0.15, 0.2) is 5.78 Å². The van der Waals surface area contributed by atoms with Gasteiger partial charge in [0.05, 0.1) is 5.56 Å². The minimum absolute atomic E-state index is 0.0218. The zero-order chi connectivity index (χ0) is 18.2. The van der Waals surface area contributed by atoms with Gasteiger partial charge in [-0.05, 0) is 56.2 Å². The third-order valence-corrected chi connectivity index (χ3v) is 3.85. The zero-order valence-corrected chi connectivity index (χ0v) is 15.1. The molecule has 25 heavy (non-hydrogen) atoms. The van der Waals surface area contributed by atoms with Crippen LogP contribution in [0.3, 0.4) is 0 Å². The molecule has 5 heteroatoms. The van der Waals surface area contributed by atoms with Gasteiger partial charge in [0, 0.05) is 30.5 Å². The third-order valence-electron chi connectivity index (χ3n) is 3.85. The lowest BCUT2D eigenvalue weighted by Gasteiger charge is -2.21. The van der Waals surface area contributed by atoms with Crippen molar-refractivity contribution < 1.29 is 9.59 Å². The second-order valence-corrected chi connectivity index (χ2v) is 5.98. The monoisotopic (exact) mass is 339 g/mol. The van der Waals surface area contributed by atoms with Crippen LogP contribution in [0.1, 0.15) is 54.3 Å². The second-order valence-electron chi connectivity index (χ2n) is 5.98. The van der Waals surface area contributed by atoms with Gasteiger partial charge < -0.3 is 10.2 Å². The highest BCUT2D eigenvalue weighted by Crippen LogP contribution is 2.16. The average Bonchev–Trinajstić information content (AvgIpc) is 2.62. The normalized spacial score (nSPS) is 10.4. The van der Waals surface area contributed by atoms with E-state index in [1.54, 1.807) is 37.4 Å². The van der Waals surface area contributed by atoms with E-state index in [2.05, 4.69) is 24.1 Å². The summed E-state index contributed by atoms with van der Waals surface area (Å²) < 4.78 is 0. The van der Waals surface area contributed by atoms with Crippen molar-refractivity contribution in [2.75, 3.05) is 18.4 Å². The van der Waals surface area contributed by atoms with Crippen LogP contribution in [0.5, 0.6) is 0 Å². The summed E-state index contributed by atoms with van der Waals surface area (Å²) in [6, 6.07) is 10.8. The molecule has 1 heterocycles. The minimum atomic E-state index is 0.0218. The number of nitrogens with one attached hydrogen (secondary N) is 1. The number of carbonyl (C=O) groups is 2. The number of pyridine rings is 1. The molecule has 0 unspecified atom stereocenters. The fourth-order valence-electron chi connectivity index (χ4n) is 2.57. The highest BCUT2D eigenvalue weighted by atomic mass is 16.2. The number of aromatic nitrogens is 1. The van der Waals surface area contributed by atoms with Crippen molar-refractivity contribution in [2.24, 2.45) is 0 Å². The van der Waals surface area contributed by atoms with Crippen LogP contribution in [0.25, 0.3) is 0 Å². The number of nitrogens with zero attached hydrogens (tertiary/aromatic N) is 2. The van der Waals surface area contributed by atoms with E-state index < -0.39 is 0 Å². The van der Waals surface area contributed by atoms with Gasteiger partial charge in [0.25, 0.3) is 5.91 Å². The SMILES string of the molecule is CCCN(CCC)C(=O)c1ccc(Nc2ccc(C(C)=O)cc2)nc1. The summed E-state index contributed by atoms with van der Waals surface area (Å²) in [5.74, 6) is 0.717. The topological polar surface area (TPSA) is 62.3 Å². The second kappa shape index (κ2) is 8.97. The van der Waals surface area contributed by atoms with Gasteiger partial charge in [-0.1, -0.05) is 13.8 Å². The number of rotatable bonds is 8. The van der Waals surface area contributed by atoms with E-state index in [0.29, 0.717) is 16.9 Å². The Bertz CT molecular complexity index is 703. The van der Waals surface area contributed by atoms with Crippen molar-refractivity contribution >= 4 is 23.2 Å². The molecule has 0 spiro atoms. The largest absolute Gasteiger partial charge is 0.340 e. The molecule has 2 rings (SSSR count). The highest BCUT2D eigenvalue weighted by Gasteiger charge is 2.14. The number of hydrogen-bond acceptors (Lipinski definition) is 4. The van der Waals surface area contributed by atoms with E-state index in [9.17, 15) is 9.59 Å². The summed E-state index contributed by atoms with van der Waals surface area (Å²) >= 11 is 0. The quantitative estimate of drug-likeness (QED) is 0.729. The van der Waals surface area contributed by atoms with Crippen molar-refractivity contribution in [2.45, 2.75) is 33.6 Å². The number of Topliss-reactive ketones (excluding diaryl/α,β-unsaturated/α-hetero) is 1. The van der Waals surface area contributed by atoms with Crippen LogP contribution in [0.15, 0.2) is 42.6 Å². The van der Waals surface area contributed by atoms with Crippen molar-refractivity contribution in [1.82, 2.24) is 9.88 Å². The lowest BCUT2D eigenvalue weighted by Crippen LogP contribution is -2.32. The van der Waals surface area contributed by atoms with Crippen molar-refractivity contribution in [1.29, 1.82) is 0 Å². The summed E-state index contributed by atoms with van der Waals surface area (Å²) in [7, 11) is 0. The lowest BCUT2D eigenvalue weighted by molar-refractivity contribution is 0.0755. The molecule has 1 aromatic carbocycles. The molecule has 0 radical (unpaired) electrons. The van der Waals surface area contributed by atoms with Gasteiger partial charge >= 0.3 is 0 Å². The molecule has 0 aliphatic carbocycles. The van der Waals surface area contributed by atoms with Gasteiger partial charge in [0.2, 0.25) is 0 Å². The number of anilines is 2. The van der Waals surface area contributed by atoms with Gasteiger partial charge in [-0.25, -0.2) is 4.98 Å². The van der Waals surface area contributed by atoms with Crippen LogP contribution in [-0.4, -0.2) is 34.7 Å². The molecule has 0 aliphatic heterocycles. The fraction of sp³-hybridized carbons (Fsp3) is 0.350. The summed E-state index contributed by atoms with van der Waals surface area (Å²) in [5, 5.41) is 3.17. The van der Waals surface area contributed by atoms with Crippen molar-refractivity contribution in [3.05, 3.63) is 53.7 Å². The van der Waals surface area contributed by atoms with E-state index in [0.717, 1.165) is 31.6 Å². The standard InChI is InChI=1S/C20H25N3O2/c1-4-12-23(13-5-2)20(25)17-8-11-19(21-14-17)22-18-9-6-16(7-10-18)15(3)24/h6-11,14H,4-5,12-13H2,1-3H3,(H,21,22). The van der Waals surface area contributed by atoms with Crippen LogP contribution in [0.4, 0.5) is 11.5 Å². The molecule has 1 amide bonds. The van der Waals surface area contributed by atoms with Crippen LogP contribution in [0, 0.1) is 0 Å². The third kappa shape index (κ3) is 5.14. The maximum absolute atomic E-state index is 12.5. The first-order valence-corrected chi connectivity index (χ1v) is 8.68. The molecular weight excluding hydrogens is 314 g/mol. The van der Waals surface area contributed by atoms with Crippen molar-refractivity contribution in [3.63, 3.8) is 0 Å². The van der Waals surface area contributed by atoms with Gasteiger partial charge in [-0.3, -0.25) is 9.59 Å². The minimum Gasteiger partial charge on any atom is -0.340 e. The molecule has 0 saturated heterocycles. The molecule has 0 bridgehead atoms. The van der Waals surface area contributed by atoms with Gasteiger partial charge in [-0.2, -0.15) is 0 Å².